The molecule has 2 aromatic heterocycles. The molecule has 0 saturated carbocycles. The maximum absolute atomic E-state index is 12.4. The van der Waals surface area contributed by atoms with Crippen LogP contribution in [0.15, 0.2) is 24.8 Å². The molecule has 0 spiro atoms. The number of piperazine rings is 1. The predicted molar refractivity (Wildman–Crippen MR) is 121 cm³/mol. The molecular formula is C20H29N7O4S. The van der Waals surface area contributed by atoms with Gasteiger partial charge in [0.25, 0.3) is 0 Å². The number of ether oxygens (including phenoxy) is 1. The number of carbonyl (C=O) groups excluding carboxylic acids is 1. The predicted octanol–water partition coefficient (Wildman–Crippen LogP) is -0.449. The lowest BCUT2D eigenvalue weighted by molar-refractivity contribution is -0.111. The average molecular weight is 464 g/mol. The Morgan fingerprint density at radius 1 is 1.25 bits per heavy atom. The number of hydrogen-bond acceptors (Lipinski definition) is 10. The summed E-state index contributed by atoms with van der Waals surface area (Å²) in [5, 5.41) is 23.5. The third-order valence-electron chi connectivity index (χ3n) is 5.77. The first-order valence-corrected chi connectivity index (χ1v) is 11.9. The summed E-state index contributed by atoms with van der Waals surface area (Å²) in [5.74, 6) is 0.524. The van der Waals surface area contributed by atoms with Gasteiger partial charge in [-0.05, 0) is 13.3 Å². The number of aliphatic hydroxyl groups is 2. The fourth-order valence-corrected chi connectivity index (χ4v) is 4.49. The Morgan fingerprint density at radius 2 is 2.03 bits per heavy atom. The molecule has 12 heteroatoms. The third kappa shape index (κ3) is 4.95. The fraction of sp³-hybridized carbons (Fsp3) is 0.600. The molecule has 4 atom stereocenters. The van der Waals surface area contributed by atoms with Gasteiger partial charge in [-0.1, -0.05) is 6.08 Å². The molecule has 0 aliphatic carbocycles. The first kappa shape index (κ1) is 23.1. The number of aliphatic hydroxyl groups excluding tert-OH is 2. The molecule has 0 radical (unpaired) electrons. The van der Waals surface area contributed by atoms with Crippen molar-refractivity contribution in [3.05, 3.63) is 24.8 Å². The van der Waals surface area contributed by atoms with E-state index in [4.69, 9.17) is 4.74 Å². The zero-order chi connectivity index (χ0) is 22.7. The molecule has 2 aromatic rings. The largest absolute Gasteiger partial charge is 0.387 e. The second-order valence-corrected chi connectivity index (χ2v) is 8.95. The van der Waals surface area contributed by atoms with E-state index >= 15 is 0 Å². The second-order valence-electron chi connectivity index (χ2n) is 8.04. The molecule has 32 heavy (non-hydrogen) atoms. The van der Waals surface area contributed by atoms with Gasteiger partial charge in [0.2, 0.25) is 5.91 Å². The molecule has 1 amide bonds. The summed E-state index contributed by atoms with van der Waals surface area (Å²) in [7, 11) is 2.11. The number of imidazole rings is 1. The van der Waals surface area contributed by atoms with Gasteiger partial charge in [0, 0.05) is 44.6 Å². The Morgan fingerprint density at radius 3 is 2.78 bits per heavy atom. The quantitative estimate of drug-likeness (QED) is 0.464. The Kier molecular flexibility index (Phi) is 7.38. The second kappa shape index (κ2) is 10.2. The van der Waals surface area contributed by atoms with E-state index in [0.717, 1.165) is 26.2 Å². The number of anilines is 1. The van der Waals surface area contributed by atoms with Crippen LogP contribution in [0.4, 0.5) is 5.82 Å². The molecule has 0 aromatic carbocycles. The number of nitrogens with zero attached hydrogens (tertiary/aromatic N) is 6. The molecule has 2 aliphatic heterocycles. The minimum absolute atomic E-state index is 0.275. The number of carbonyl (C=O) groups is 1. The van der Waals surface area contributed by atoms with Crippen molar-refractivity contribution in [2.75, 3.05) is 57.1 Å². The topological polar surface area (TPSA) is 129 Å². The van der Waals surface area contributed by atoms with Crippen LogP contribution in [0, 0.1) is 0 Å². The summed E-state index contributed by atoms with van der Waals surface area (Å²) in [6.07, 6.45) is 4.60. The number of likely N-dealkylation sites (N-methyl/N-ethyl adjacent to an activating group) is 1. The van der Waals surface area contributed by atoms with Gasteiger partial charge in [0.05, 0.1) is 12.4 Å². The number of aromatic nitrogens is 4. The van der Waals surface area contributed by atoms with Crippen molar-refractivity contribution in [2.24, 2.45) is 0 Å². The standard InChI is InChI=1S/C20H29N7O4S/c1-25-6-8-26(9-7-25)5-3-4-14(28)24-18-15-19(22-11-21-18)27(12-23-15)20-17(30)16(29)13(31-20)10-32-2/h3-4,11-13,16-17,20,29-30H,5-10H2,1-2H3,(H,21,22,24,28)/b4-3+/t13-,16-,17-,20-/m1/s1. The normalized spacial score (nSPS) is 27.5. The highest BCUT2D eigenvalue weighted by molar-refractivity contribution is 7.98. The molecule has 4 heterocycles. The van der Waals surface area contributed by atoms with Crippen molar-refractivity contribution in [3.8, 4) is 0 Å². The Bertz CT molecular complexity index is 963. The number of amides is 1. The Hall–Kier alpha value is -2.09. The lowest BCUT2D eigenvalue weighted by atomic mass is 10.1. The van der Waals surface area contributed by atoms with Crippen LogP contribution in [0.5, 0.6) is 0 Å². The van der Waals surface area contributed by atoms with Crippen LogP contribution in [-0.4, -0.2) is 116 Å². The summed E-state index contributed by atoms with van der Waals surface area (Å²) in [5.41, 5.74) is 0.782. The van der Waals surface area contributed by atoms with E-state index in [1.54, 1.807) is 4.57 Å². The molecule has 174 valence electrons. The zero-order valence-electron chi connectivity index (χ0n) is 18.2. The molecule has 2 saturated heterocycles. The van der Waals surface area contributed by atoms with E-state index in [0.29, 0.717) is 23.5 Å². The van der Waals surface area contributed by atoms with Gasteiger partial charge in [-0.2, -0.15) is 11.8 Å². The van der Waals surface area contributed by atoms with Crippen LogP contribution in [-0.2, 0) is 9.53 Å². The monoisotopic (exact) mass is 463 g/mol. The lowest BCUT2D eigenvalue weighted by Crippen LogP contribution is -2.44. The van der Waals surface area contributed by atoms with Crippen molar-refractivity contribution < 1.29 is 19.7 Å². The SMILES string of the molecule is CSC[C@H]1O[C@@H](n2cnc3c(NC(=O)/C=C/CN4CCN(C)CC4)ncnc32)[C@H](O)[C@@H]1O. The molecule has 3 N–H and O–H groups in total. The van der Waals surface area contributed by atoms with Gasteiger partial charge >= 0.3 is 0 Å². The van der Waals surface area contributed by atoms with E-state index < -0.39 is 24.5 Å². The number of hydrogen-bond donors (Lipinski definition) is 3. The van der Waals surface area contributed by atoms with E-state index in [1.807, 2.05) is 12.3 Å². The first-order valence-electron chi connectivity index (χ1n) is 10.5. The zero-order valence-corrected chi connectivity index (χ0v) is 19.0. The number of rotatable bonds is 7. The highest BCUT2D eigenvalue weighted by atomic mass is 32.2. The van der Waals surface area contributed by atoms with Crippen LogP contribution < -0.4 is 5.32 Å². The Balaban J connectivity index is 1.43. The fourth-order valence-electron chi connectivity index (χ4n) is 3.89. The van der Waals surface area contributed by atoms with E-state index in [2.05, 4.69) is 37.1 Å². The summed E-state index contributed by atoms with van der Waals surface area (Å²) in [6, 6.07) is 0. The molecule has 4 rings (SSSR count). The number of thioether (sulfide) groups is 1. The van der Waals surface area contributed by atoms with Crippen LogP contribution in [0.3, 0.4) is 0 Å². The maximum atomic E-state index is 12.4. The first-order chi connectivity index (χ1) is 15.5. The number of nitrogens with one attached hydrogen (secondary N) is 1. The molecule has 2 fully saturated rings. The molecule has 11 nitrogen and oxygen atoms in total. The smallest absolute Gasteiger partial charge is 0.249 e. The average Bonchev–Trinajstić information content (AvgIpc) is 3.33. The van der Waals surface area contributed by atoms with Crippen LogP contribution in [0.2, 0.25) is 0 Å². The maximum Gasteiger partial charge on any atom is 0.249 e. The lowest BCUT2D eigenvalue weighted by Gasteiger charge is -2.31. The summed E-state index contributed by atoms with van der Waals surface area (Å²) < 4.78 is 7.41. The Labute approximate surface area is 190 Å². The van der Waals surface area contributed by atoms with Crippen LogP contribution in [0.25, 0.3) is 11.2 Å². The highest BCUT2D eigenvalue weighted by Gasteiger charge is 2.44. The molecule has 0 unspecified atom stereocenters. The van der Waals surface area contributed by atoms with Crippen LogP contribution >= 0.6 is 11.8 Å². The van der Waals surface area contributed by atoms with E-state index in [-0.39, 0.29) is 11.7 Å². The minimum atomic E-state index is -1.12. The van der Waals surface area contributed by atoms with Crippen molar-refractivity contribution in [3.63, 3.8) is 0 Å². The summed E-state index contributed by atoms with van der Waals surface area (Å²) >= 11 is 1.53. The van der Waals surface area contributed by atoms with Gasteiger partial charge in [0.1, 0.15) is 18.5 Å². The number of fused-ring (bicyclic) bond motifs is 1. The van der Waals surface area contributed by atoms with E-state index in [1.165, 1.54) is 30.5 Å². The molecule has 2 aliphatic rings. The van der Waals surface area contributed by atoms with Gasteiger partial charge < -0.3 is 25.2 Å². The van der Waals surface area contributed by atoms with Crippen molar-refractivity contribution in [2.45, 2.75) is 24.5 Å². The summed E-state index contributed by atoms with van der Waals surface area (Å²) in [6.45, 7) is 4.72. The van der Waals surface area contributed by atoms with Crippen molar-refractivity contribution >= 4 is 34.7 Å². The van der Waals surface area contributed by atoms with Gasteiger partial charge in [-0.15, -0.1) is 0 Å². The van der Waals surface area contributed by atoms with E-state index in [9.17, 15) is 15.0 Å². The minimum Gasteiger partial charge on any atom is -0.387 e. The highest BCUT2D eigenvalue weighted by Crippen LogP contribution is 2.33. The van der Waals surface area contributed by atoms with Gasteiger partial charge in [-0.25, -0.2) is 15.0 Å². The molecular weight excluding hydrogens is 434 g/mol. The van der Waals surface area contributed by atoms with Crippen molar-refractivity contribution in [1.82, 2.24) is 29.3 Å². The summed E-state index contributed by atoms with van der Waals surface area (Å²) in [4.78, 5) is 29.7. The molecule has 0 bridgehead atoms. The van der Waals surface area contributed by atoms with Crippen LogP contribution in [0.1, 0.15) is 6.23 Å². The van der Waals surface area contributed by atoms with Gasteiger partial charge in [0.15, 0.2) is 23.2 Å². The third-order valence-corrected chi connectivity index (χ3v) is 6.43. The van der Waals surface area contributed by atoms with Crippen molar-refractivity contribution in [1.29, 1.82) is 0 Å². The van der Waals surface area contributed by atoms with Gasteiger partial charge in [-0.3, -0.25) is 14.3 Å².